The summed E-state index contributed by atoms with van der Waals surface area (Å²) in [5.74, 6) is 0.0972. The molecule has 0 aromatic heterocycles. The predicted octanol–water partition coefficient (Wildman–Crippen LogP) is 2.78. The molecule has 94 valence electrons. The van der Waals surface area contributed by atoms with Crippen LogP contribution in [-0.2, 0) is 9.63 Å². The first-order valence-corrected chi connectivity index (χ1v) is 5.64. The fourth-order valence-corrected chi connectivity index (χ4v) is 1.61. The van der Waals surface area contributed by atoms with Crippen LogP contribution in [0.2, 0.25) is 10.0 Å². The highest BCUT2D eigenvalue weighted by atomic mass is 35.5. The summed E-state index contributed by atoms with van der Waals surface area (Å²) >= 11 is 11.7. The lowest BCUT2D eigenvalue weighted by atomic mass is 10.3. The maximum atomic E-state index is 11.7. The quantitative estimate of drug-likeness (QED) is 0.795. The van der Waals surface area contributed by atoms with Gasteiger partial charge in [-0.3, -0.25) is 9.63 Å². The first-order valence-electron chi connectivity index (χ1n) is 4.89. The van der Waals surface area contributed by atoms with Crippen LogP contribution in [0.25, 0.3) is 0 Å². The zero-order chi connectivity index (χ0) is 13.0. The molecule has 0 heterocycles. The SMILES string of the molecule is CON(C)C(=O)[C@@H](C)Oc1ccc(Cl)cc1Cl. The number of hydroxylamine groups is 2. The van der Waals surface area contributed by atoms with Crippen molar-refractivity contribution in [3.8, 4) is 5.75 Å². The third-order valence-electron chi connectivity index (χ3n) is 2.13. The molecule has 0 unspecified atom stereocenters. The second-order valence-electron chi connectivity index (χ2n) is 3.35. The Morgan fingerprint density at radius 3 is 2.59 bits per heavy atom. The van der Waals surface area contributed by atoms with Gasteiger partial charge in [-0.25, -0.2) is 5.06 Å². The van der Waals surface area contributed by atoms with Crippen LogP contribution in [0.5, 0.6) is 5.75 Å². The number of carbonyl (C=O) groups excluding carboxylic acids is 1. The smallest absolute Gasteiger partial charge is 0.286 e. The molecule has 0 saturated heterocycles. The van der Waals surface area contributed by atoms with E-state index in [0.29, 0.717) is 15.8 Å². The van der Waals surface area contributed by atoms with E-state index in [4.69, 9.17) is 32.8 Å². The molecule has 1 aromatic rings. The van der Waals surface area contributed by atoms with E-state index in [1.165, 1.54) is 14.2 Å². The van der Waals surface area contributed by atoms with E-state index in [-0.39, 0.29) is 5.91 Å². The topological polar surface area (TPSA) is 38.8 Å². The number of rotatable bonds is 4. The zero-order valence-corrected chi connectivity index (χ0v) is 11.2. The number of ether oxygens (including phenoxy) is 1. The fraction of sp³-hybridized carbons (Fsp3) is 0.364. The lowest BCUT2D eigenvalue weighted by Gasteiger charge is -2.20. The van der Waals surface area contributed by atoms with Crippen LogP contribution >= 0.6 is 23.2 Å². The van der Waals surface area contributed by atoms with E-state index in [1.807, 2.05) is 0 Å². The van der Waals surface area contributed by atoms with Gasteiger partial charge in [-0.2, -0.15) is 0 Å². The Kier molecular flexibility index (Phi) is 5.05. The van der Waals surface area contributed by atoms with Crippen LogP contribution in [-0.4, -0.2) is 31.2 Å². The molecule has 0 spiro atoms. The first-order chi connectivity index (χ1) is 7.95. The van der Waals surface area contributed by atoms with Crippen molar-refractivity contribution in [1.82, 2.24) is 5.06 Å². The van der Waals surface area contributed by atoms with Gasteiger partial charge < -0.3 is 4.74 Å². The Balaban J connectivity index is 2.74. The molecule has 0 fully saturated rings. The lowest BCUT2D eigenvalue weighted by molar-refractivity contribution is -0.175. The minimum atomic E-state index is -0.696. The molecule has 1 rings (SSSR count). The van der Waals surface area contributed by atoms with Crippen LogP contribution in [0, 0.1) is 0 Å². The largest absolute Gasteiger partial charge is 0.479 e. The van der Waals surface area contributed by atoms with Crippen molar-refractivity contribution in [2.45, 2.75) is 13.0 Å². The normalized spacial score (nSPS) is 12.1. The van der Waals surface area contributed by atoms with E-state index in [1.54, 1.807) is 25.1 Å². The summed E-state index contributed by atoms with van der Waals surface area (Å²) in [4.78, 5) is 16.4. The van der Waals surface area contributed by atoms with Gasteiger partial charge in [0.2, 0.25) is 0 Å². The summed E-state index contributed by atoms with van der Waals surface area (Å²) in [6.07, 6.45) is -0.696. The van der Waals surface area contributed by atoms with Crippen molar-refractivity contribution < 1.29 is 14.4 Å². The molecule has 0 aliphatic heterocycles. The average molecular weight is 278 g/mol. The number of carbonyl (C=O) groups is 1. The Bertz CT molecular complexity index is 412. The van der Waals surface area contributed by atoms with Gasteiger partial charge in [0.15, 0.2) is 6.10 Å². The number of amides is 1. The van der Waals surface area contributed by atoms with Gasteiger partial charge in [-0.1, -0.05) is 23.2 Å². The molecule has 0 radical (unpaired) electrons. The molecule has 0 saturated carbocycles. The molecule has 0 aliphatic carbocycles. The van der Waals surface area contributed by atoms with Gasteiger partial charge in [0.1, 0.15) is 5.75 Å². The Morgan fingerprint density at radius 2 is 2.06 bits per heavy atom. The van der Waals surface area contributed by atoms with E-state index < -0.39 is 6.10 Å². The summed E-state index contributed by atoms with van der Waals surface area (Å²) in [6, 6.07) is 4.80. The van der Waals surface area contributed by atoms with Gasteiger partial charge in [0, 0.05) is 12.1 Å². The molecular formula is C11H13Cl2NO3. The van der Waals surface area contributed by atoms with Crippen LogP contribution in [0.15, 0.2) is 18.2 Å². The van der Waals surface area contributed by atoms with Gasteiger partial charge in [0.25, 0.3) is 5.91 Å². The Hall–Kier alpha value is -0.970. The number of hydrogen-bond donors (Lipinski definition) is 0. The van der Waals surface area contributed by atoms with Crippen LogP contribution < -0.4 is 4.74 Å². The minimum absolute atomic E-state index is 0.307. The molecule has 1 amide bonds. The highest BCUT2D eigenvalue weighted by molar-refractivity contribution is 6.35. The monoisotopic (exact) mass is 277 g/mol. The second kappa shape index (κ2) is 6.10. The summed E-state index contributed by atoms with van der Waals surface area (Å²) in [5.41, 5.74) is 0. The van der Waals surface area contributed by atoms with Crippen molar-refractivity contribution in [1.29, 1.82) is 0 Å². The molecule has 0 bridgehead atoms. The maximum absolute atomic E-state index is 11.7. The van der Waals surface area contributed by atoms with Crippen LogP contribution in [0.3, 0.4) is 0 Å². The standard InChI is InChI=1S/C11H13Cl2NO3/c1-7(11(15)14(2)16-3)17-10-5-4-8(12)6-9(10)13/h4-7H,1-3H3/t7-/m1/s1. The molecular weight excluding hydrogens is 265 g/mol. The van der Waals surface area contributed by atoms with Gasteiger partial charge >= 0.3 is 0 Å². The van der Waals surface area contributed by atoms with Crippen LogP contribution in [0.1, 0.15) is 6.92 Å². The maximum Gasteiger partial charge on any atom is 0.286 e. The van der Waals surface area contributed by atoms with E-state index in [9.17, 15) is 4.79 Å². The number of halogens is 2. The molecule has 17 heavy (non-hydrogen) atoms. The molecule has 6 heteroatoms. The third-order valence-corrected chi connectivity index (χ3v) is 2.66. The predicted molar refractivity (Wildman–Crippen MR) is 66.3 cm³/mol. The van der Waals surface area contributed by atoms with E-state index in [2.05, 4.69) is 0 Å². The van der Waals surface area contributed by atoms with Gasteiger partial charge in [-0.15, -0.1) is 0 Å². The Morgan fingerprint density at radius 1 is 1.41 bits per heavy atom. The highest BCUT2D eigenvalue weighted by Crippen LogP contribution is 2.28. The number of benzene rings is 1. The van der Waals surface area contributed by atoms with Gasteiger partial charge in [-0.05, 0) is 25.1 Å². The summed E-state index contributed by atoms with van der Waals surface area (Å²) in [6.45, 7) is 1.61. The lowest BCUT2D eigenvalue weighted by Crippen LogP contribution is -2.37. The molecule has 1 aromatic carbocycles. The van der Waals surface area contributed by atoms with E-state index in [0.717, 1.165) is 5.06 Å². The van der Waals surface area contributed by atoms with Crippen molar-refractivity contribution in [2.24, 2.45) is 0 Å². The number of nitrogens with zero attached hydrogens (tertiary/aromatic N) is 1. The summed E-state index contributed by atoms with van der Waals surface area (Å²) < 4.78 is 5.42. The Labute approximate surface area is 110 Å². The zero-order valence-electron chi connectivity index (χ0n) is 9.74. The first kappa shape index (κ1) is 14.1. The minimum Gasteiger partial charge on any atom is -0.479 e. The van der Waals surface area contributed by atoms with Crippen LogP contribution in [0.4, 0.5) is 0 Å². The summed E-state index contributed by atoms with van der Waals surface area (Å²) in [7, 11) is 2.91. The number of hydrogen-bond acceptors (Lipinski definition) is 3. The average Bonchev–Trinajstić information content (AvgIpc) is 2.30. The second-order valence-corrected chi connectivity index (χ2v) is 4.20. The summed E-state index contributed by atoms with van der Waals surface area (Å²) in [5, 5.41) is 1.96. The molecule has 0 N–H and O–H groups in total. The fourth-order valence-electron chi connectivity index (χ4n) is 1.16. The molecule has 1 atom stereocenters. The van der Waals surface area contributed by atoms with Crippen molar-refractivity contribution in [2.75, 3.05) is 14.2 Å². The highest BCUT2D eigenvalue weighted by Gasteiger charge is 2.20. The van der Waals surface area contributed by atoms with Crippen molar-refractivity contribution >= 4 is 29.1 Å². The number of likely N-dealkylation sites (N-methyl/N-ethyl adjacent to an activating group) is 1. The van der Waals surface area contributed by atoms with E-state index >= 15 is 0 Å². The third kappa shape index (κ3) is 3.77. The van der Waals surface area contributed by atoms with Crippen molar-refractivity contribution in [3.63, 3.8) is 0 Å². The molecule has 4 nitrogen and oxygen atoms in total. The van der Waals surface area contributed by atoms with Crippen molar-refractivity contribution in [3.05, 3.63) is 28.2 Å². The molecule has 0 aliphatic rings. The van der Waals surface area contributed by atoms with Gasteiger partial charge in [0.05, 0.1) is 12.1 Å².